The van der Waals surface area contributed by atoms with Gasteiger partial charge >= 0.3 is 0 Å². The van der Waals surface area contributed by atoms with Crippen molar-refractivity contribution >= 4 is 11.7 Å². The highest BCUT2D eigenvalue weighted by Gasteiger charge is 2.37. The summed E-state index contributed by atoms with van der Waals surface area (Å²) in [5.41, 5.74) is 1.36. The SMILES string of the molecule is Cc1ccc(N2C[C@@H]3C[C@H](C2)c2ccc(C(=O)NC4(CO)CC=CC4)c(=O)n2C3)nc1. The number of rotatable bonds is 4. The molecule has 1 aliphatic carbocycles. The van der Waals surface area contributed by atoms with Crippen molar-refractivity contribution in [3.63, 3.8) is 0 Å². The molecule has 2 bridgehead atoms. The number of aromatic nitrogens is 2. The van der Waals surface area contributed by atoms with Crippen LogP contribution in [-0.4, -0.2) is 45.8 Å². The second-order valence-corrected chi connectivity index (χ2v) is 9.26. The number of hydrogen-bond donors (Lipinski definition) is 2. The molecule has 5 rings (SSSR count). The van der Waals surface area contributed by atoms with E-state index in [-0.39, 0.29) is 23.6 Å². The summed E-state index contributed by atoms with van der Waals surface area (Å²) >= 11 is 0. The fraction of sp³-hybridized carbons (Fsp3) is 0.458. The fourth-order valence-electron chi connectivity index (χ4n) is 5.23. The number of carbonyl (C=O) groups excluding carboxylic acids is 1. The van der Waals surface area contributed by atoms with Crippen molar-refractivity contribution in [3.8, 4) is 0 Å². The summed E-state index contributed by atoms with van der Waals surface area (Å²) < 4.78 is 1.80. The Kier molecular flexibility index (Phi) is 4.93. The minimum Gasteiger partial charge on any atom is -0.394 e. The van der Waals surface area contributed by atoms with Crippen molar-refractivity contribution in [2.45, 2.75) is 44.2 Å². The van der Waals surface area contributed by atoms with E-state index >= 15 is 0 Å². The Hall–Kier alpha value is -2.93. The van der Waals surface area contributed by atoms with E-state index in [1.807, 2.05) is 31.3 Å². The first kappa shape index (κ1) is 20.0. The molecule has 162 valence electrons. The predicted octanol–water partition coefficient (Wildman–Crippen LogP) is 1.99. The molecule has 31 heavy (non-hydrogen) atoms. The number of piperidine rings is 1. The maximum Gasteiger partial charge on any atom is 0.263 e. The fourth-order valence-corrected chi connectivity index (χ4v) is 5.23. The Labute approximate surface area is 181 Å². The number of hydrogen-bond acceptors (Lipinski definition) is 5. The molecule has 1 fully saturated rings. The van der Waals surface area contributed by atoms with Gasteiger partial charge in [0.05, 0.1) is 12.1 Å². The number of anilines is 1. The standard InChI is InChI=1S/C24H28N4O3/c1-16-4-7-21(25-11-16)27-12-17-10-18(14-27)20-6-5-19(23(31)28(20)13-17)22(30)26-24(15-29)8-2-3-9-24/h2-7,11,17-18,29H,8-10,12-15H2,1H3,(H,26,30)/t17-,18+/m0/s1. The van der Waals surface area contributed by atoms with Crippen LogP contribution in [0.5, 0.6) is 0 Å². The summed E-state index contributed by atoms with van der Waals surface area (Å²) in [6.45, 7) is 4.17. The zero-order chi connectivity index (χ0) is 21.6. The van der Waals surface area contributed by atoms with Crippen molar-refractivity contribution in [1.82, 2.24) is 14.9 Å². The molecule has 2 aromatic rings. The van der Waals surface area contributed by atoms with Gasteiger partial charge in [-0.05, 0) is 55.9 Å². The summed E-state index contributed by atoms with van der Waals surface area (Å²) in [4.78, 5) is 33.0. The lowest BCUT2D eigenvalue weighted by molar-refractivity contribution is 0.0842. The molecule has 2 atom stereocenters. The first-order chi connectivity index (χ1) is 15.0. The minimum absolute atomic E-state index is 0.148. The zero-order valence-corrected chi connectivity index (χ0v) is 17.8. The topological polar surface area (TPSA) is 87.5 Å². The number of pyridine rings is 2. The minimum atomic E-state index is -0.692. The largest absolute Gasteiger partial charge is 0.394 e. The summed E-state index contributed by atoms with van der Waals surface area (Å²) in [6, 6.07) is 7.73. The molecule has 0 radical (unpaired) electrons. The number of aryl methyl sites for hydroxylation is 1. The zero-order valence-electron chi connectivity index (χ0n) is 17.8. The van der Waals surface area contributed by atoms with Gasteiger partial charge in [0.2, 0.25) is 0 Å². The molecule has 1 amide bonds. The third kappa shape index (κ3) is 3.57. The predicted molar refractivity (Wildman–Crippen MR) is 118 cm³/mol. The van der Waals surface area contributed by atoms with Crippen LogP contribution in [0.4, 0.5) is 5.82 Å². The number of nitrogens with zero attached hydrogens (tertiary/aromatic N) is 3. The number of nitrogens with one attached hydrogen (secondary N) is 1. The van der Waals surface area contributed by atoms with Gasteiger partial charge in [0.25, 0.3) is 11.5 Å². The molecular formula is C24H28N4O3. The van der Waals surface area contributed by atoms with E-state index in [1.165, 1.54) is 0 Å². The van der Waals surface area contributed by atoms with Crippen LogP contribution in [0.3, 0.4) is 0 Å². The Morgan fingerprint density at radius 2 is 2.00 bits per heavy atom. The smallest absolute Gasteiger partial charge is 0.263 e. The highest BCUT2D eigenvalue weighted by molar-refractivity contribution is 5.94. The molecule has 7 nitrogen and oxygen atoms in total. The normalized spacial score (nSPS) is 23.5. The maximum atomic E-state index is 13.2. The quantitative estimate of drug-likeness (QED) is 0.739. The maximum absolute atomic E-state index is 13.2. The van der Waals surface area contributed by atoms with Crippen molar-refractivity contribution in [2.24, 2.45) is 5.92 Å². The number of carbonyl (C=O) groups is 1. The van der Waals surface area contributed by atoms with Crippen molar-refractivity contribution in [1.29, 1.82) is 0 Å². The van der Waals surface area contributed by atoms with Gasteiger partial charge < -0.3 is 19.9 Å². The second kappa shape index (κ2) is 7.64. The molecule has 0 unspecified atom stereocenters. The van der Waals surface area contributed by atoms with Crippen molar-refractivity contribution in [3.05, 3.63) is 69.8 Å². The van der Waals surface area contributed by atoms with Crippen LogP contribution in [0.1, 0.15) is 46.8 Å². The molecule has 3 aliphatic rings. The van der Waals surface area contributed by atoms with Gasteiger partial charge in [0.1, 0.15) is 11.4 Å². The van der Waals surface area contributed by atoms with Crippen LogP contribution in [0.15, 0.2) is 47.4 Å². The number of aliphatic hydroxyl groups excluding tert-OH is 1. The lowest BCUT2D eigenvalue weighted by Crippen LogP contribution is -2.52. The third-order valence-electron chi connectivity index (χ3n) is 6.93. The van der Waals surface area contributed by atoms with Gasteiger partial charge in [-0.15, -0.1) is 0 Å². The van der Waals surface area contributed by atoms with E-state index in [1.54, 1.807) is 10.6 Å². The molecule has 1 saturated heterocycles. The Morgan fingerprint density at radius 3 is 2.71 bits per heavy atom. The van der Waals surface area contributed by atoms with Crippen molar-refractivity contribution in [2.75, 3.05) is 24.6 Å². The highest BCUT2D eigenvalue weighted by Crippen LogP contribution is 2.36. The van der Waals surface area contributed by atoms with E-state index in [2.05, 4.69) is 27.3 Å². The van der Waals surface area contributed by atoms with Gasteiger partial charge in [-0.1, -0.05) is 18.2 Å². The third-order valence-corrected chi connectivity index (χ3v) is 6.93. The molecule has 4 heterocycles. The molecule has 2 N–H and O–H groups in total. The van der Waals surface area contributed by atoms with Crippen LogP contribution in [0.25, 0.3) is 0 Å². The molecule has 0 aromatic carbocycles. The van der Waals surface area contributed by atoms with E-state index in [0.29, 0.717) is 25.3 Å². The summed E-state index contributed by atoms with van der Waals surface area (Å²) in [7, 11) is 0. The van der Waals surface area contributed by atoms with Gasteiger partial charge in [-0.2, -0.15) is 0 Å². The number of aliphatic hydroxyl groups is 1. The lowest BCUT2D eigenvalue weighted by Gasteiger charge is -2.43. The highest BCUT2D eigenvalue weighted by atomic mass is 16.3. The first-order valence-electron chi connectivity index (χ1n) is 11.0. The summed E-state index contributed by atoms with van der Waals surface area (Å²) in [5.74, 6) is 1.15. The van der Waals surface area contributed by atoms with Gasteiger partial charge in [-0.3, -0.25) is 9.59 Å². The van der Waals surface area contributed by atoms with Crippen LogP contribution in [0, 0.1) is 12.8 Å². The van der Waals surface area contributed by atoms with E-state index in [0.717, 1.165) is 36.6 Å². The Bertz CT molecular complexity index is 1080. The van der Waals surface area contributed by atoms with E-state index in [9.17, 15) is 14.7 Å². The summed E-state index contributed by atoms with van der Waals surface area (Å²) in [5, 5.41) is 12.7. The van der Waals surface area contributed by atoms with E-state index < -0.39 is 11.4 Å². The van der Waals surface area contributed by atoms with Crippen LogP contribution in [0.2, 0.25) is 0 Å². The van der Waals surface area contributed by atoms with Crippen LogP contribution >= 0.6 is 0 Å². The molecule has 2 aliphatic heterocycles. The lowest BCUT2D eigenvalue weighted by atomic mass is 9.83. The average molecular weight is 421 g/mol. The molecule has 0 spiro atoms. The van der Waals surface area contributed by atoms with E-state index in [4.69, 9.17) is 0 Å². The molecular weight excluding hydrogens is 392 g/mol. The summed E-state index contributed by atoms with van der Waals surface area (Å²) in [6.07, 6.45) is 8.00. The molecule has 2 aromatic heterocycles. The average Bonchev–Trinajstić information content (AvgIpc) is 3.23. The van der Waals surface area contributed by atoms with Crippen LogP contribution < -0.4 is 15.8 Å². The Balaban J connectivity index is 1.40. The van der Waals surface area contributed by atoms with Gasteiger partial charge in [0, 0.05) is 37.4 Å². The second-order valence-electron chi connectivity index (χ2n) is 9.26. The van der Waals surface area contributed by atoms with Gasteiger partial charge in [-0.25, -0.2) is 4.98 Å². The van der Waals surface area contributed by atoms with Gasteiger partial charge in [0.15, 0.2) is 0 Å². The monoisotopic (exact) mass is 420 g/mol. The number of amides is 1. The van der Waals surface area contributed by atoms with Crippen LogP contribution in [-0.2, 0) is 6.54 Å². The number of fused-ring (bicyclic) bond motifs is 4. The first-order valence-corrected chi connectivity index (χ1v) is 11.0. The molecule has 0 saturated carbocycles. The van der Waals surface area contributed by atoms with Crippen molar-refractivity contribution < 1.29 is 9.90 Å². The molecule has 7 heteroatoms. The Morgan fingerprint density at radius 1 is 1.19 bits per heavy atom.